The second kappa shape index (κ2) is 2.46. The summed E-state index contributed by atoms with van der Waals surface area (Å²) in [6.07, 6.45) is 1.91. The van der Waals surface area contributed by atoms with Gasteiger partial charge in [-0.15, -0.1) is 0 Å². The smallest absolute Gasteiger partial charge is 0.0643 e. The van der Waals surface area contributed by atoms with Crippen LogP contribution in [0.4, 0.5) is 0 Å². The maximum absolute atomic E-state index is 9.00. The predicted octanol–water partition coefficient (Wildman–Crippen LogP) is 0.235. The first-order valence-electron chi connectivity index (χ1n) is 3.02. The van der Waals surface area contributed by atoms with Gasteiger partial charge in [-0.1, -0.05) is 0 Å². The van der Waals surface area contributed by atoms with Crippen molar-refractivity contribution in [1.82, 2.24) is 4.90 Å². The lowest BCUT2D eigenvalue weighted by Crippen LogP contribution is -2.33. The first kappa shape index (κ1) is 6.05. The number of hydrogen-bond acceptors (Lipinski definition) is 2. The zero-order valence-electron chi connectivity index (χ0n) is 5.01. The second-order valence-corrected chi connectivity index (χ2v) is 2.37. The van der Waals surface area contributed by atoms with Crippen LogP contribution in [0.1, 0.15) is 12.8 Å². The highest BCUT2D eigenvalue weighted by molar-refractivity contribution is 4.69. The molecule has 1 atom stereocenters. The van der Waals surface area contributed by atoms with Crippen LogP contribution in [0.15, 0.2) is 0 Å². The summed E-state index contributed by atoms with van der Waals surface area (Å²) in [5, 5.41) is 9.00. The Bertz CT molecular complexity index is 66.9. The average molecular weight is 114 g/mol. The van der Waals surface area contributed by atoms with Crippen molar-refractivity contribution in [2.75, 3.05) is 13.1 Å². The maximum Gasteiger partial charge on any atom is 0.0643 e. The molecule has 1 aliphatic rings. The molecular weight excluding hydrogens is 102 g/mol. The van der Waals surface area contributed by atoms with E-state index in [1.54, 1.807) is 0 Å². The first-order valence-corrected chi connectivity index (χ1v) is 3.02. The van der Waals surface area contributed by atoms with Crippen LogP contribution in [-0.2, 0) is 0 Å². The molecule has 0 spiro atoms. The molecule has 0 bridgehead atoms. The van der Waals surface area contributed by atoms with Crippen molar-refractivity contribution < 1.29 is 5.11 Å². The third-order valence-corrected chi connectivity index (χ3v) is 1.48. The number of hydrogen-bond donors (Lipinski definition) is 1. The molecule has 2 nitrogen and oxygen atoms in total. The van der Waals surface area contributed by atoms with Crippen molar-refractivity contribution in [3.05, 3.63) is 7.05 Å². The van der Waals surface area contributed by atoms with Gasteiger partial charge >= 0.3 is 0 Å². The molecule has 1 heterocycles. The highest BCUT2D eigenvalue weighted by Gasteiger charge is 2.08. The van der Waals surface area contributed by atoms with Gasteiger partial charge in [-0.25, -0.2) is 0 Å². The fourth-order valence-corrected chi connectivity index (χ4v) is 1.03. The third-order valence-electron chi connectivity index (χ3n) is 1.48. The Kier molecular flexibility index (Phi) is 1.86. The lowest BCUT2D eigenvalue weighted by atomic mass is 10.1. The minimum absolute atomic E-state index is 0.124. The molecule has 0 saturated carbocycles. The molecule has 1 N–H and O–H groups in total. The molecule has 0 aliphatic carbocycles. The summed E-state index contributed by atoms with van der Waals surface area (Å²) >= 11 is 0. The van der Waals surface area contributed by atoms with Gasteiger partial charge in [-0.2, -0.15) is 0 Å². The Morgan fingerprint density at radius 2 is 2.38 bits per heavy atom. The van der Waals surface area contributed by atoms with E-state index >= 15 is 0 Å². The Morgan fingerprint density at radius 3 is 2.75 bits per heavy atom. The third kappa shape index (κ3) is 1.46. The summed E-state index contributed by atoms with van der Waals surface area (Å²) in [5.74, 6) is 0. The van der Waals surface area contributed by atoms with Crippen LogP contribution < -0.4 is 0 Å². The van der Waals surface area contributed by atoms with E-state index in [4.69, 9.17) is 5.11 Å². The molecule has 0 amide bonds. The van der Waals surface area contributed by atoms with Gasteiger partial charge in [-0.3, -0.25) is 7.05 Å². The summed E-state index contributed by atoms with van der Waals surface area (Å²) in [6, 6.07) is 0. The molecule has 1 saturated heterocycles. The van der Waals surface area contributed by atoms with Crippen LogP contribution in [0.5, 0.6) is 0 Å². The van der Waals surface area contributed by atoms with E-state index < -0.39 is 0 Å². The Hall–Kier alpha value is -0.0800. The number of aliphatic hydroxyl groups excluding tert-OH is 1. The Balaban J connectivity index is 2.23. The van der Waals surface area contributed by atoms with Gasteiger partial charge in [0.05, 0.1) is 6.10 Å². The molecule has 0 aromatic heterocycles. The molecule has 2 heteroatoms. The van der Waals surface area contributed by atoms with Crippen LogP contribution in [0.3, 0.4) is 0 Å². The monoisotopic (exact) mass is 114 g/mol. The number of nitrogens with zero attached hydrogens (tertiary/aromatic N) is 1. The minimum atomic E-state index is -0.124. The van der Waals surface area contributed by atoms with Crippen LogP contribution in [-0.4, -0.2) is 29.2 Å². The molecule has 0 radical (unpaired) electrons. The van der Waals surface area contributed by atoms with Crippen molar-refractivity contribution >= 4 is 0 Å². The summed E-state index contributed by atoms with van der Waals surface area (Å²) in [6.45, 7) is 1.79. The van der Waals surface area contributed by atoms with E-state index in [2.05, 4.69) is 7.05 Å². The predicted molar refractivity (Wildman–Crippen MR) is 32.2 cm³/mol. The number of β-amino-alcohol motifs (C(OH)–C–C–N with tert-alkyl or cyclic N) is 1. The summed E-state index contributed by atoms with van der Waals surface area (Å²) in [4.78, 5) is 1.91. The Morgan fingerprint density at radius 1 is 1.62 bits per heavy atom. The first-order chi connectivity index (χ1) is 3.79. The van der Waals surface area contributed by atoms with Crippen LogP contribution in [0.2, 0.25) is 0 Å². The molecule has 0 unspecified atom stereocenters. The lowest BCUT2D eigenvalue weighted by Gasteiger charge is -2.32. The van der Waals surface area contributed by atoms with Crippen LogP contribution >= 0.6 is 0 Å². The number of piperidine rings is 1. The van der Waals surface area contributed by atoms with E-state index in [9.17, 15) is 0 Å². The average Bonchev–Trinajstić information content (AvgIpc) is 1.64. The van der Waals surface area contributed by atoms with Gasteiger partial charge in [0.1, 0.15) is 0 Å². The zero-order valence-corrected chi connectivity index (χ0v) is 5.01. The van der Waals surface area contributed by atoms with Gasteiger partial charge in [-0.05, 0) is 25.9 Å². The molecule has 1 fully saturated rings. The van der Waals surface area contributed by atoms with Gasteiger partial charge in [0.15, 0.2) is 0 Å². The van der Waals surface area contributed by atoms with Crippen molar-refractivity contribution in [2.45, 2.75) is 18.9 Å². The highest BCUT2D eigenvalue weighted by atomic mass is 16.3. The standard InChI is InChI=1S/C6H12NO/c1-7-4-2-3-6(8)5-7/h6,8H,1-5H2/q-1/t6-/m1/s1. The second-order valence-electron chi connectivity index (χ2n) is 2.37. The van der Waals surface area contributed by atoms with E-state index in [0.717, 1.165) is 25.9 Å². The van der Waals surface area contributed by atoms with Crippen LogP contribution in [0, 0.1) is 7.05 Å². The fourth-order valence-electron chi connectivity index (χ4n) is 1.03. The van der Waals surface area contributed by atoms with Crippen LogP contribution in [0.25, 0.3) is 0 Å². The quantitative estimate of drug-likeness (QED) is 0.456. The highest BCUT2D eigenvalue weighted by Crippen LogP contribution is 2.07. The van der Waals surface area contributed by atoms with Crippen molar-refractivity contribution in [1.29, 1.82) is 0 Å². The molecule has 8 heavy (non-hydrogen) atoms. The summed E-state index contributed by atoms with van der Waals surface area (Å²) in [5.41, 5.74) is 0. The molecule has 1 aliphatic heterocycles. The van der Waals surface area contributed by atoms with E-state index in [1.165, 1.54) is 0 Å². The normalized spacial score (nSPS) is 33.0. The zero-order chi connectivity index (χ0) is 5.98. The van der Waals surface area contributed by atoms with Crippen molar-refractivity contribution in [3.8, 4) is 0 Å². The lowest BCUT2D eigenvalue weighted by molar-refractivity contribution is 0.0928. The minimum Gasteiger partial charge on any atom is -0.457 e. The molecule has 48 valence electrons. The molecule has 0 aromatic carbocycles. The van der Waals surface area contributed by atoms with Gasteiger partial charge < -0.3 is 10.0 Å². The maximum atomic E-state index is 9.00. The molecule has 0 aromatic rings. The van der Waals surface area contributed by atoms with E-state index in [1.807, 2.05) is 4.90 Å². The van der Waals surface area contributed by atoms with Gasteiger partial charge in [0.25, 0.3) is 0 Å². The SMILES string of the molecule is [CH2-]N1CCC[C@@H](O)C1. The fraction of sp³-hybridized carbons (Fsp3) is 0.833. The van der Waals surface area contributed by atoms with Gasteiger partial charge in [0.2, 0.25) is 0 Å². The topological polar surface area (TPSA) is 23.5 Å². The van der Waals surface area contributed by atoms with E-state index in [0.29, 0.717) is 0 Å². The van der Waals surface area contributed by atoms with Crippen molar-refractivity contribution in [2.24, 2.45) is 0 Å². The van der Waals surface area contributed by atoms with E-state index in [-0.39, 0.29) is 6.10 Å². The summed E-state index contributed by atoms with van der Waals surface area (Å²) < 4.78 is 0. The van der Waals surface area contributed by atoms with Crippen molar-refractivity contribution in [3.63, 3.8) is 0 Å². The van der Waals surface area contributed by atoms with Gasteiger partial charge in [0, 0.05) is 0 Å². The Labute approximate surface area is 50.1 Å². The number of aliphatic hydroxyl groups is 1. The molecule has 1 rings (SSSR count). The summed E-state index contributed by atoms with van der Waals surface area (Å²) in [7, 11) is 3.72. The largest absolute Gasteiger partial charge is 0.457 e. The number of rotatable bonds is 0. The number of likely N-dealkylation sites (tertiary alicyclic amines) is 1. The molecular formula is C6H12NO-.